The summed E-state index contributed by atoms with van der Waals surface area (Å²) in [6.45, 7) is -0.121. The number of aromatic nitrogens is 1. The maximum Gasteiger partial charge on any atom is 0.275 e. The van der Waals surface area contributed by atoms with Crippen LogP contribution in [0.4, 0.5) is 13.2 Å². The number of alkyl halides is 2. The molecule has 1 heterocycles. The predicted octanol–water partition coefficient (Wildman–Crippen LogP) is 1.66. The first-order valence-electron chi connectivity index (χ1n) is 3.76. The highest BCUT2D eigenvalue weighted by molar-refractivity contribution is 5.15. The third-order valence-corrected chi connectivity index (χ3v) is 1.61. The summed E-state index contributed by atoms with van der Waals surface area (Å²) in [4.78, 5) is 3.14. The average molecular weight is 190 g/mol. The summed E-state index contributed by atoms with van der Waals surface area (Å²) >= 11 is 0. The van der Waals surface area contributed by atoms with E-state index < -0.39 is 18.3 Å². The van der Waals surface area contributed by atoms with Crippen LogP contribution in [0, 0.1) is 5.95 Å². The van der Waals surface area contributed by atoms with E-state index in [1.165, 1.54) is 0 Å². The highest BCUT2D eigenvalue weighted by Crippen LogP contribution is 2.30. The van der Waals surface area contributed by atoms with Crippen molar-refractivity contribution >= 4 is 0 Å². The smallest absolute Gasteiger partial charge is 0.275 e. The quantitative estimate of drug-likeness (QED) is 0.736. The average Bonchev–Trinajstić information content (AvgIpc) is 2.05. The van der Waals surface area contributed by atoms with Gasteiger partial charge >= 0.3 is 0 Å². The molecule has 0 bridgehead atoms. The van der Waals surface area contributed by atoms with Gasteiger partial charge in [-0.3, -0.25) is 0 Å². The van der Waals surface area contributed by atoms with Crippen LogP contribution in [0.3, 0.4) is 0 Å². The Kier molecular flexibility index (Phi) is 2.87. The van der Waals surface area contributed by atoms with Gasteiger partial charge in [-0.2, -0.15) is 4.39 Å². The van der Waals surface area contributed by atoms with Gasteiger partial charge in [0.05, 0.1) is 0 Å². The Morgan fingerprint density at radius 2 is 2.08 bits per heavy atom. The van der Waals surface area contributed by atoms with E-state index in [1.54, 1.807) is 0 Å². The van der Waals surface area contributed by atoms with Crippen LogP contribution in [0.5, 0.6) is 0 Å². The number of nitrogens with zero attached hydrogens (tertiary/aromatic N) is 1. The molecule has 0 saturated carbocycles. The van der Waals surface area contributed by atoms with E-state index in [0.29, 0.717) is 0 Å². The van der Waals surface area contributed by atoms with E-state index in [2.05, 4.69) is 4.98 Å². The Balaban J connectivity index is 2.87. The molecule has 1 aromatic heterocycles. The van der Waals surface area contributed by atoms with E-state index in [-0.39, 0.29) is 12.1 Å². The minimum absolute atomic E-state index is 0.121. The van der Waals surface area contributed by atoms with Crippen molar-refractivity contribution in [1.29, 1.82) is 0 Å². The molecule has 0 radical (unpaired) electrons. The van der Waals surface area contributed by atoms with Crippen LogP contribution in [0.2, 0.25) is 0 Å². The zero-order valence-corrected chi connectivity index (χ0v) is 6.80. The van der Waals surface area contributed by atoms with Crippen LogP contribution < -0.4 is 5.73 Å². The molecule has 1 rings (SSSR count). The normalized spacial score (nSPS) is 11.7. The highest BCUT2D eigenvalue weighted by atomic mass is 19.3. The van der Waals surface area contributed by atoms with Crippen molar-refractivity contribution in [3.63, 3.8) is 0 Å². The molecule has 0 aliphatic heterocycles. The van der Waals surface area contributed by atoms with Gasteiger partial charge in [-0.25, -0.2) is 13.8 Å². The van der Waals surface area contributed by atoms with E-state index in [4.69, 9.17) is 5.73 Å². The van der Waals surface area contributed by atoms with Crippen molar-refractivity contribution < 1.29 is 13.2 Å². The number of pyridine rings is 1. The second kappa shape index (κ2) is 3.74. The zero-order valence-electron chi connectivity index (χ0n) is 6.80. The van der Waals surface area contributed by atoms with Crippen LogP contribution in [-0.2, 0) is 5.92 Å². The lowest BCUT2D eigenvalue weighted by atomic mass is 10.1. The maximum absolute atomic E-state index is 13.0. The van der Waals surface area contributed by atoms with Crippen molar-refractivity contribution in [1.82, 2.24) is 4.98 Å². The fourth-order valence-electron chi connectivity index (χ4n) is 0.918. The van der Waals surface area contributed by atoms with E-state index in [1.807, 2.05) is 0 Å². The summed E-state index contributed by atoms with van der Waals surface area (Å²) in [6, 6.07) is 1.91. The first-order valence-corrected chi connectivity index (χ1v) is 3.76. The molecule has 0 aliphatic carbocycles. The molecule has 2 nitrogen and oxygen atoms in total. The minimum atomic E-state index is -3.02. The number of rotatable bonds is 3. The molecule has 0 aromatic carbocycles. The largest absolute Gasteiger partial charge is 0.330 e. The van der Waals surface area contributed by atoms with Gasteiger partial charge in [-0.05, 0) is 18.7 Å². The van der Waals surface area contributed by atoms with Crippen molar-refractivity contribution in [2.24, 2.45) is 5.73 Å². The number of hydrogen-bond acceptors (Lipinski definition) is 2. The molecule has 2 N–H and O–H groups in total. The fraction of sp³-hybridized carbons (Fsp3) is 0.375. The summed E-state index contributed by atoms with van der Waals surface area (Å²) in [5.41, 5.74) is 4.70. The molecule has 0 spiro atoms. The lowest BCUT2D eigenvalue weighted by molar-refractivity contribution is -0.0111. The second-order valence-electron chi connectivity index (χ2n) is 2.61. The number of hydrogen-bond donors (Lipinski definition) is 1. The molecule has 72 valence electrons. The van der Waals surface area contributed by atoms with E-state index in [0.717, 1.165) is 18.3 Å². The van der Waals surface area contributed by atoms with Gasteiger partial charge in [0.25, 0.3) is 5.92 Å². The Labute approximate surface area is 73.6 Å². The molecular formula is C8H9F3N2. The summed E-state index contributed by atoms with van der Waals surface area (Å²) < 4.78 is 38.4. The Hall–Kier alpha value is -1.10. The van der Waals surface area contributed by atoms with Gasteiger partial charge in [0.1, 0.15) is 0 Å². The standard InChI is InChI=1S/C8H9F3N2/c9-7-2-1-6(5-13-7)8(10,11)3-4-12/h1-2,5H,3-4,12H2. The van der Waals surface area contributed by atoms with E-state index in [9.17, 15) is 13.2 Å². The summed E-state index contributed by atoms with van der Waals surface area (Å²) in [5.74, 6) is -3.79. The Morgan fingerprint density at radius 1 is 1.38 bits per heavy atom. The highest BCUT2D eigenvalue weighted by Gasteiger charge is 2.30. The van der Waals surface area contributed by atoms with Crippen LogP contribution in [0.15, 0.2) is 18.3 Å². The summed E-state index contributed by atoms with van der Waals surface area (Å²) in [6.07, 6.45) is 0.366. The number of halogens is 3. The monoisotopic (exact) mass is 190 g/mol. The molecule has 0 aliphatic rings. The second-order valence-corrected chi connectivity index (χ2v) is 2.61. The van der Waals surface area contributed by atoms with Gasteiger partial charge in [-0.15, -0.1) is 0 Å². The fourth-order valence-corrected chi connectivity index (χ4v) is 0.918. The SMILES string of the molecule is NCCC(F)(F)c1ccc(F)nc1. The molecule has 0 atom stereocenters. The predicted molar refractivity (Wildman–Crippen MR) is 41.8 cm³/mol. The molecule has 0 saturated heterocycles. The van der Waals surface area contributed by atoms with Crippen LogP contribution in [0.1, 0.15) is 12.0 Å². The maximum atomic E-state index is 13.0. The molecule has 0 unspecified atom stereocenters. The third-order valence-electron chi connectivity index (χ3n) is 1.61. The first kappa shape index (κ1) is 9.98. The van der Waals surface area contributed by atoms with Crippen LogP contribution in [0.25, 0.3) is 0 Å². The van der Waals surface area contributed by atoms with Gasteiger partial charge in [0, 0.05) is 18.2 Å². The lowest BCUT2D eigenvalue weighted by Crippen LogP contribution is -2.18. The summed E-state index contributed by atoms with van der Waals surface area (Å²) in [5, 5.41) is 0. The van der Waals surface area contributed by atoms with Crippen LogP contribution >= 0.6 is 0 Å². The lowest BCUT2D eigenvalue weighted by Gasteiger charge is -2.14. The topological polar surface area (TPSA) is 38.9 Å². The van der Waals surface area contributed by atoms with Gasteiger partial charge < -0.3 is 5.73 Å². The molecule has 13 heavy (non-hydrogen) atoms. The number of nitrogens with two attached hydrogens (primary N) is 1. The van der Waals surface area contributed by atoms with Crippen molar-refractivity contribution in [2.75, 3.05) is 6.54 Å². The van der Waals surface area contributed by atoms with E-state index >= 15 is 0 Å². The molecule has 5 heteroatoms. The molecule has 0 amide bonds. The van der Waals surface area contributed by atoms with Gasteiger partial charge in [0.2, 0.25) is 5.95 Å². The van der Waals surface area contributed by atoms with Crippen molar-refractivity contribution in [3.8, 4) is 0 Å². The molecule has 0 fully saturated rings. The van der Waals surface area contributed by atoms with Crippen molar-refractivity contribution in [2.45, 2.75) is 12.3 Å². The Morgan fingerprint density at radius 3 is 2.54 bits per heavy atom. The van der Waals surface area contributed by atoms with Gasteiger partial charge in [-0.1, -0.05) is 0 Å². The Bertz CT molecular complexity index is 271. The zero-order chi connectivity index (χ0) is 9.90. The molecular weight excluding hydrogens is 181 g/mol. The molecule has 1 aromatic rings. The van der Waals surface area contributed by atoms with Crippen molar-refractivity contribution in [3.05, 3.63) is 29.8 Å². The minimum Gasteiger partial charge on any atom is -0.330 e. The summed E-state index contributed by atoms with van der Waals surface area (Å²) in [7, 11) is 0. The van der Waals surface area contributed by atoms with Crippen LogP contribution in [-0.4, -0.2) is 11.5 Å². The van der Waals surface area contributed by atoms with Gasteiger partial charge in [0.15, 0.2) is 0 Å². The third kappa shape index (κ3) is 2.42. The first-order chi connectivity index (χ1) is 6.06.